The minimum Gasteiger partial charge on any atom is -0.355 e. The summed E-state index contributed by atoms with van der Waals surface area (Å²) in [6.07, 6.45) is 0.948. The number of hydrogen-bond acceptors (Lipinski definition) is 4. The number of piperazine rings is 1. The highest BCUT2D eigenvalue weighted by Gasteiger charge is 2.28. The Labute approximate surface area is 128 Å². The molecule has 0 radical (unpaired) electrons. The molecule has 6 heteroatoms. The lowest BCUT2D eigenvalue weighted by Gasteiger charge is -2.36. The Morgan fingerprint density at radius 3 is 2.29 bits per heavy atom. The van der Waals surface area contributed by atoms with E-state index in [0.717, 1.165) is 26.1 Å². The molecular weight excluding hydrogens is 268 g/mol. The molecule has 1 aliphatic heterocycles. The second-order valence-electron chi connectivity index (χ2n) is 6.04. The molecule has 0 aliphatic carbocycles. The van der Waals surface area contributed by atoms with Crippen LogP contribution in [-0.4, -0.2) is 67.4 Å². The molecule has 1 fully saturated rings. The second-order valence-corrected chi connectivity index (χ2v) is 6.04. The third kappa shape index (κ3) is 5.63. The van der Waals surface area contributed by atoms with E-state index in [-0.39, 0.29) is 23.7 Å². The fourth-order valence-corrected chi connectivity index (χ4v) is 2.54. The summed E-state index contributed by atoms with van der Waals surface area (Å²) in [5.41, 5.74) is 5.71. The van der Waals surface area contributed by atoms with Gasteiger partial charge in [-0.2, -0.15) is 0 Å². The van der Waals surface area contributed by atoms with Crippen LogP contribution < -0.4 is 11.1 Å². The molecule has 0 aromatic heterocycles. The molecule has 0 saturated carbocycles. The van der Waals surface area contributed by atoms with Crippen molar-refractivity contribution in [3.05, 3.63) is 0 Å². The molecule has 0 bridgehead atoms. The maximum absolute atomic E-state index is 12.4. The van der Waals surface area contributed by atoms with Gasteiger partial charge >= 0.3 is 0 Å². The fraction of sp³-hybridized carbons (Fsp3) is 0.867. The van der Waals surface area contributed by atoms with E-state index in [1.165, 1.54) is 0 Å². The molecule has 1 unspecified atom stereocenters. The Hall–Kier alpha value is -1.14. The first-order valence-corrected chi connectivity index (χ1v) is 7.97. The smallest absolute Gasteiger partial charge is 0.234 e. The predicted octanol–water partition coefficient (Wildman–Crippen LogP) is -0.112. The van der Waals surface area contributed by atoms with Gasteiger partial charge in [0.25, 0.3) is 0 Å². The van der Waals surface area contributed by atoms with Crippen LogP contribution in [0.4, 0.5) is 0 Å². The van der Waals surface area contributed by atoms with Crippen molar-refractivity contribution in [3.8, 4) is 0 Å². The highest BCUT2D eigenvalue weighted by molar-refractivity contribution is 5.80. The lowest BCUT2D eigenvalue weighted by atomic mass is 9.94. The third-order valence-corrected chi connectivity index (χ3v) is 4.00. The zero-order valence-electron chi connectivity index (χ0n) is 13.6. The van der Waals surface area contributed by atoms with Crippen molar-refractivity contribution in [1.82, 2.24) is 15.1 Å². The number of nitrogens with one attached hydrogen (secondary N) is 1. The van der Waals surface area contributed by atoms with Crippen LogP contribution in [0.25, 0.3) is 0 Å². The number of carbonyl (C=O) groups is 2. The Balaban J connectivity index is 2.38. The summed E-state index contributed by atoms with van der Waals surface area (Å²) < 4.78 is 0. The molecule has 1 rings (SSSR count). The van der Waals surface area contributed by atoms with Crippen molar-refractivity contribution in [2.45, 2.75) is 27.2 Å². The summed E-state index contributed by atoms with van der Waals surface area (Å²) in [5.74, 6) is 0.394. The minimum atomic E-state index is -0.0931. The number of carbonyl (C=O) groups excluding carboxylic acids is 2. The molecule has 122 valence electrons. The van der Waals surface area contributed by atoms with Crippen molar-refractivity contribution in [3.63, 3.8) is 0 Å². The molecule has 2 amide bonds. The van der Waals surface area contributed by atoms with Gasteiger partial charge in [0, 0.05) is 39.3 Å². The van der Waals surface area contributed by atoms with Gasteiger partial charge in [-0.3, -0.25) is 14.5 Å². The standard InChI is InChI=1S/C15H30N4O2/c1-4-5-17-14(20)11-18-6-8-19(9-7-18)15(21)13(10-16)12(2)3/h12-13H,4-11,16H2,1-3H3,(H,17,20). The van der Waals surface area contributed by atoms with Crippen LogP contribution in [0.1, 0.15) is 27.2 Å². The zero-order valence-corrected chi connectivity index (χ0v) is 13.6. The van der Waals surface area contributed by atoms with E-state index in [1.54, 1.807) is 0 Å². The van der Waals surface area contributed by atoms with Crippen LogP contribution in [0, 0.1) is 11.8 Å². The lowest BCUT2D eigenvalue weighted by molar-refractivity contribution is -0.138. The second kappa shape index (κ2) is 9.00. The number of amides is 2. The van der Waals surface area contributed by atoms with E-state index in [9.17, 15) is 9.59 Å². The average molecular weight is 298 g/mol. The SMILES string of the molecule is CCCNC(=O)CN1CCN(C(=O)C(CN)C(C)C)CC1. The van der Waals surface area contributed by atoms with Crippen molar-refractivity contribution in [2.75, 3.05) is 45.8 Å². The normalized spacial score (nSPS) is 17.9. The number of nitrogens with zero attached hydrogens (tertiary/aromatic N) is 2. The minimum absolute atomic E-state index is 0.0682. The summed E-state index contributed by atoms with van der Waals surface area (Å²) in [6.45, 7) is 10.5. The van der Waals surface area contributed by atoms with Gasteiger partial charge in [-0.1, -0.05) is 20.8 Å². The Bertz CT molecular complexity index is 339. The molecule has 0 aromatic carbocycles. The Kier molecular flexibility index (Phi) is 7.67. The van der Waals surface area contributed by atoms with Crippen LogP contribution >= 0.6 is 0 Å². The van der Waals surface area contributed by atoms with E-state index in [1.807, 2.05) is 25.7 Å². The summed E-state index contributed by atoms with van der Waals surface area (Å²) in [5, 5.41) is 2.88. The molecule has 1 heterocycles. The maximum atomic E-state index is 12.4. The molecule has 0 spiro atoms. The van der Waals surface area contributed by atoms with Gasteiger partial charge in [0.1, 0.15) is 0 Å². The van der Waals surface area contributed by atoms with Gasteiger partial charge in [-0.15, -0.1) is 0 Å². The maximum Gasteiger partial charge on any atom is 0.234 e. The largest absolute Gasteiger partial charge is 0.355 e. The van der Waals surface area contributed by atoms with Crippen LogP contribution in [0.2, 0.25) is 0 Å². The first-order valence-electron chi connectivity index (χ1n) is 7.97. The topological polar surface area (TPSA) is 78.7 Å². The predicted molar refractivity (Wildman–Crippen MR) is 83.7 cm³/mol. The molecule has 1 saturated heterocycles. The van der Waals surface area contributed by atoms with Gasteiger partial charge in [-0.25, -0.2) is 0 Å². The van der Waals surface area contributed by atoms with Gasteiger partial charge in [0.05, 0.1) is 12.5 Å². The van der Waals surface area contributed by atoms with E-state index >= 15 is 0 Å². The van der Waals surface area contributed by atoms with Crippen LogP contribution in [-0.2, 0) is 9.59 Å². The van der Waals surface area contributed by atoms with Crippen LogP contribution in [0.3, 0.4) is 0 Å². The van der Waals surface area contributed by atoms with Crippen molar-refractivity contribution >= 4 is 11.8 Å². The van der Waals surface area contributed by atoms with E-state index in [0.29, 0.717) is 26.2 Å². The molecule has 21 heavy (non-hydrogen) atoms. The highest BCUT2D eigenvalue weighted by Crippen LogP contribution is 2.14. The van der Waals surface area contributed by atoms with Gasteiger partial charge in [0.2, 0.25) is 11.8 Å². The zero-order chi connectivity index (χ0) is 15.8. The first kappa shape index (κ1) is 17.9. The number of hydrogen-bond donors (Lipinski definition) is 2. The molecule has 3 N–H and O–H groups in total. The molecule has 1 atom stereocenters. The van der Waals surface area contributed by atoms with Crippen LogP contribution in [0.15, 0.2) is 0 Å². The molecule has 1 aliphatic rings. The monoisotopic (exact) mass is 298 g/mol. The van der Waals surface area contributed by atoms with Crippen molar-refractivity contribution in [2.24, 2.45) is 17.6 Å². The van der Waals surface area contributed by atoms with E-state index < -0.39 is 0 Å². The fourth-order valence-electron chi connectivity index (χ4n) is 2.54. The van der Waals surface area contributed by atoms with Gasteiger partial charge in [0.15, 0.2) is 0 Å². The van der Waals surface area contributed by atoms with Crippen LogP contribution in [0.5, 0.6) is 0 Å². The highest BCUT2D eigenvalue weighted by atomic mass is 16.2. The number of rotatable bonds is 7. The average Bonchev–Trinajstić information content (AvgIpc) is 2.46. The Morgan fingerprint density at radius 2 is 1.81 bits per heavy atom. The van der Waals surface area contributed by atoms with Gasteiger partial charge < -0.3 is 16.0 Å². The third-order valence-electron chi connectivity index (χ3n) is 4.00. The molecule has 6 nitrogen and oxygen atoms in total. The van der Waals surface area contributed by atoms with Crippen molar-refractivity contribution < 1.29 is 9.59 Å². The van der Waals surface area contributed by atoms with E-state index in [2.05, 4.69) is 10.2 Å². The first-order chi connectivity index (χ1) is 9.99. The summed E-state index contributed by atoms with van der Waals surface area (Å²) >= 11 is 0. The van der Waals surface area contributed by atoms with Gasteiger partial charge in [-0.05, 0) is 12.3 Å². The summed E-state index contributed by atoms with van der Waals surface area (Å²) in [6, 6.07) is 0. The molecular formula is C15H30N4O2. The molecule has 0 aromatic rings. The quantitative estimate of drug-likeness (QED) is 0.687. The van der Waals surface area contributed by atoms with Crippen molar-refractivity contribution in [1.29, 1.82) is 0 Å². The summed E-state index contributed by atoms with van der Waals surface area (Å²) in [4.78, 5) is 28.1. The Morgan fingerprint density at radius 1 is 1.19 bits per heavy atom. The number of nitrogens with two attached hydrogens (primary N) is 1. The summed E-state index contributed by atoms with van der Waals surface area (Å²) in [7, 11) is 0. The van der Waals surface area contributed by atoms with E-state index in [4.69, 9.17) is 5.73 Å². The lowest BCUT2D eigenvalue weighted by Crippen LogP contribution is -2.53.